The number of amides is 1. The van der Waals surface area contributed by atoms with E-state index in [0.29, 0.717) is 30.7 Å². The Kier molecular flexibility index (Phi) is 6.22. The number of fused-ring (bicyclic) bond motifs is 4. The zero-order valence-electron chi connectivity index (χ0n) is 21.9. The molecule has 4 aliphatic rings. The van der Waals surface area contributed by atoms with Gasteiger partial charge in [-0.1, -0.05) is 18.2 Å². The van der Waals surface area contributed by atoms with Crippen LogP contribution in [0.5, 0.6) is 5.75 Å². The predicted molar refractivity (Wildman–Crippen MR) is 143 cm³/mol. The number of hydrogen-bond donors (Lipinski definition) is 6. The van der Waals surface area contributed by atoms with Gasteiger partial charge in [0.2, 0.25) is 5.78 Å². The number of phenolic OH excluding ortho intramolecular Hbond substituents is 1. The highest BCUT2D eigenvalue weighted by Gasteiger charge is 2.63. The van der Waals surface area contributed by atoms with Crippen LogP contribution in [0.25, 0.3) is 16.5 Å². The maximum Gasteiger partial charge on any atom is 0.255 e. The van der Waals surface area contributed by atoms with Crippen LogP contribution in [0.3, 0.4) is 0 Å². The molecule has 4 atom stereocenters. The normalized spacial score (nSPS) is 28.9. The first kappa shape index (κ1) is 26.5. The molecule has 7 N–H and O–H groups in total. The maximum atomic E-state index is 13.9. The Morgan fingerprint density at radius 1 is 1.18 bits per heavy atom. The molecule has 0 bridgehead atoms. The number of aromatic hydroxyl groups is 1. The number of Topliss-reactive ketones (excluding diaryl/α,β-unsaturated/α-hetero) is 2. The maximum absolute atomic E-state index is 13.9. The summed E-state index contributed by atoms with van der Waals surface area (Å²) in [4.78, 5) is 41.1. The van der Waals surface area contributed by atoms with Gasteiger partial charge in [-0.3, -0.25) is 19.3 Å². The first-order chi connectivity index (χ1) is 19.1. The average molecular weight is 550 g/mol. The SMILES string of the molecule is CN[C@@H]1C(=O)C(C(N)=O)=C(O)[C@@]2(O)C(=O)C3=C(O)c4c(cc5ccc(CN6CCOCC6)cc5c4O)C[C@H]3C[C@@H]12. The predicted octanol–water partition coefficient (Wildman–Crippen LogP) is 0.607. The molecule has 0 radical (unpaired) electrons. The summed E-state index contributed by atoms with van der Waals surface area (Å²) in [5.74, 6) is -6.60. The molecule has 0 unspecified atom stereocenters. The van der Waals surface area contributed by atoms with E-state index in [4.69, 9.17) is 10.5 Å². The van der Waals surface area contributed by atoms with Gasteiger partial charge in [-0.05, 0) is 48.4 Å². The third-order valence-corrected chi connectivity index (χ3v) is 8.89. The molecule has 2 aromatic rings. The number of aliphatic hydroxyl groups is 3. The van der Waals surface area contributed by atoms with Crippen molar-refractivity contribution in [2.45, 2.75) is 31.0 Å². The van der Waals surface area contributed by atoms with E-state index in [9.17, 15) is 34.8 Å². The Morgan fingerprint density at radius 3 is 2.58 bits per heavy atom. The number of ketones is 2. The molecule has 0 spiro atoms. The number of aliphatic hydroxyl groups excluding tert-OH is 2. The minimum Gasteiger partial charge on any atom is -0.508 e. The van der Waals surface area contributed by atoms with E-state index in [1.807, 2.05) is 24.3 Å². The lowest BCUT2D eigenvalue weighted by Gasteiger charge is -2.48. The number of nitrogens with one attached hydrogen (secondary N) is 1. The van der Waals surface area contributed by atoms with Crippen molar-refractivity contribution >= 4 is 34.0 Å². The Bertz CT molecular complexity index is 1540. The summed E-state index contributed by atoms with van der Waals surface area (Å²) in [6.45, 7) is 3.58. The van der Waals surface area contributed by atoms with Gasteiger partial charge in [-0.25, -0.2) is 0 Å². The van der Waals surface area contributed by atoms with Gasteiger partial charge in [-0.15, -0.1) is 0 Å². The fraction of sp³-hybridized carbons (Fsp3) is 0.414. The fourth-order valence-electron chi connectivity index (χ4n) is 6.94. The number of carbonyl (C=O) groups is 3. The van der Waals surface area contributed by atoms with Crippen LogP contribution in [0.1, 0.15) is 23.1 Å². The minimum atomic E-state index is -2.65. The zero-order chi connectivity index (χ0) is 28.5. The smallest absolute Gasteiger partial charge is 0.255 e. The van der Waals surface area contributed by atoms with E-state index in [1.54, 1.807) is 0 Å². The van der Waals surface area contributed by atoms with Gasteiger partial charge >= 0.3 is 0 Å². The summed E-state index contributed by atoms with van der Waals surface area (Å²) in [7, 11) is 1.45. The number of benzene rings is 2. The van der Waals surface area contributed by atoms with E-state index >= 15 is 0 Å². The molecule has 6 rings (SSSR count). The highest BCUT2D eigenvalue weighted by atomic mass is 16.5. The van der Waals surface area contributed by atoms with Crippen LogP contribution in [-0.2, 0) is 32.1 Å². The number of primary amides is 1. The van der Waals surface area contributed by atoms with Gasteiger partial charge in [0.25, 0.3) is 5.91 Å². The van der Waals surface area contributed by atoms with E-state index in [0.717, 1.165) is 24.0 Å². The molecule has 210 valence electrons. The molecule has 3 aliphatic carbocycles. The Hall–Kier alpha value is -3.77. The lowest BCUT2D eigenvalue weighted by molar-refractivity contribution is -0.150. The van der Waals surface area contributed by atoms with Crippen molar-refractivity contribution in [3.63, 3.8) is 0 Å². The van der Waals surface area contributed by atoms with Crippen molar-refractivity contribution in [3.05, 3.63) is 57.9 Å². The summed E-state index contributed by atoms with van der Waals surface area (Å²) in [6.07, 6.45) is 0.301. The molecule has 2 fully saturated rings. The van der Waals surface area contributed by atoms with Crippen molar-refractivity contribution in [1.82, 2.24) is 10.2 Å². The third kappa shape index (κ3) is 3.69. The van der Waals surface area contributed by atoms with Crippen LogP contribution in [0, 0.1) is 11.8 Å². The molecule has 1 saturated carbocycles. The van der Waals surface area contributed by atoms with Crippen LogP contribution in [-0.4, -0.2) is 87.8 Å². The molecule has 1 amide bonds. The van der Waals surface area contributed by atoms with Crippen molar-refractivity contribution in [2.24, 2.45) is 17.6 Å². The lowest BCUT2D eigenvalue weighted by atomic mass is 9.57. The monoisotopic (exact) mass is 549 g/mol. The van der Waals surface area contributed by atoms with Crippen molar-refractivity contribution < 1.29 is 39.5 Å². The van der Waals surface area contributed by atoms with Gasteiger partial charge in [0, 0.05) is 36.5 Å². The molecule has 0 aromatic heterocycles. The first-order valence-electron chi connectivity index (χ1n) is 13.3. The molecule has 40 heavy (non-hydrogen) atoms. The fourth-order valence-corrected chi connectivity index (χ4v) is 6.94. The second-order valence-corrected chi connectivity index (χ2v) is 11.0. The second-order valence-electron chi connectivity index (χ2n) is 11.0. The molecule has 1 aliphatic heterocycles. The van der Waals surface area contributed by atoms with E-state index in [2.05, 4.69) is 10.2 Å². The summed E-state index contributed by atoms with van der Waals surface area (Å²) in [6, 6.07) is 6.47. The Morgan fingerprint density at radius 2 is 1.90 bits per heavy atom. The van der Waals surface area contributed by atoms with E-state index in [1.165, 1.54) is 7.05 Å². The van der Waals surface area contributed by atoms with Crippen molar-refractivity contribution in [1.29, 1.82) is 0 Å². The van der Waals surface area contributed by atoms with Crippen LogP contribution in [0.4, 0.5) is 0 Å². The number of rotatable bonds is 4. The standard InChI is InChI=1S/C29H31N3O8/c1-31-22-18-11-16-10-15-9-14-3-2-13(12-32-4-6-40-7-5-32)8-17(14)23(33)19(15)24(34)20(16)26(36)29(18,39)27(37)21(25(22)35)28(30)38/h2-3,8-9,16,18,22,31,33-34,37,39H,4-7,10-12H2,1H3,(H2,30,38)/t16-,18-,22-,29-/m0/s1. The lowest BCUT2D eigenvalue weighted by Crippen LogP contribution is -2.65. The number of likely N-dealkylation sites (N-methyl/N-ethyl adjacent to an activating group) is 1. The largest absolute Gasteiger partial charge is 0.508 e. The number of nitrogens with zero attached hydrogens (tertiary/aromatic N) is 1. The molecule has 1 saturated heterocycles. The number of morpholine rings is 1. The highest BCUT2D eigenvalue weighted by molar-refractivity contribution is 6.24. The average Bonchev–Trinajstić information content (AvgIpc) is 2.92. The van der Waals surface area contributed by atoms with Crippen molar-refractivity contribution in [2.75, 3.05) is 33.4 Å². The molecule has 1 heterocycles. The van der Waals surface area contributed by atoms with E-state index in [-0.39, 0.29) is 29.7 Å². The Balaban J connectivity index is 1.46. The number of ether oxygens (including phenoxy) is 1. The first-order valence-corrected chi connectivity index (χ1v) is 13.3. The molecular weight excluding hydrogens is 518 g/mol. The summed E-state index contributed by atoms with van der Waals surface area (Å²) >= 11 is 0. The number of nitrogens with two attached hydrogens (primary N) is 1. The summed E-state index contributed by atoms with van der Waals surface area (Å²) in [5, 5.41) is 49.3. The highest BCUT2D eigenvalue weighted by Crippen LogP contribution is 2.52. The zero-order valence-corrected chi connectivity index (χ0v) is 21.9. The summed E-state index contributed by atoms with van der Waals surface area (Å²) in [5.41, 5.74) is 3.35. The van der Waals surface area contributed by atoms with Crippen LogP contribution in [0.15, 0.2) is 41.2 Å². The van der Waals surface area contributed by atoms with Crippen LogP contribution in [0.2, 0.25) is 0 Å². The van der Waals surface area contributed by atoms with Gasteiger partial charge in [0.05, 0.1) is 24.8 Å². The van der Waals surface area contributed by atoms with Gasteiger partial charge in [-0.2, -0.15) is 0 Å². The topological polar surface area (TPSA) is 183 Å². The third-order valence-electron chi connectivity index (χ3n) is 8.89. The van der Waals surface area contributed by atoms with Crippen LogP contribution < -0.4 is 11.1 Å². The van der Waals surface area contributed by atoms with E-state index < -0.39 is 58.0 Å². The van der Waals surface area contributed by atoms with Gasteiger partial charge in [0.1, 0.15) is 22.8 Å². The molecule has 11 heteroatoms. The second kappa shape index (κ2) is 9.41. The van der Waals surface area contributed by atoms with Crippen LogP contribution >= 0.6 is 0 Å². The quantitative estimate of drug-likeness (QED) is 0.296. The molecular formula is C29H31N3O8. The summed E-state index contributed by atoms with van der Waals surface area (Å²) < 4.78 is 5.41. The van der Waals surface area contributed by atoms with Gasteiger partial charge in [0.15, 0.2) is 11.4 Å². The number of phenols is 1. The molecule has 11 nitrogen and oxygen atoms in total. The Labute approximate surface area is 229 Å². The number of hydrogen-bond acceptors (Lipinski definition) is 10. The molecule has 2 aromatic carbocycles. The van der Waals surface area contributed by atoms with Crippen molar-refractivity contribution in [3.8, 4) is 5.75 Å². The minimum absolute atomic E-state index is 0.0473. The van der Waals surface area contributed by atoms with Gasteiger partial charge < -0.3 is 36.2 Å². The number of carbonyl (C=O) groups excluding carboxylic acids is 3.